The largest absolute Gasteiger partial charge is 0.359 e. The molecule has 1 aromatic heterocycles. The van der Waals surface area contributed by atoms with Gasteiger partial charge in [0.15, 0.2) is 0 Å². The minimum Gasteiger partial charge on any atom is -0.359 e. The van der Waals surface area contributed by atoms with Crippen LogP contribution in [0.4, 0.5) is 0 Å². The van der Waals surface area contributed by atoms with Crippen LogP contribution in [-0.4, -0.2) is 52.9 Å². The quantitative estimate of drug-likeness (QED) is 0.816. The molecule has 1 aliphatic carbocycles. The third-order valence-corrected chi connectivity index (χ3v) is 6.00. The van der Waals surface area contributed by atoms with E-state index in [9.17, 15) is 9.59 Å². The Bertz CT molecular complexity index is 844. The Morgan fingerprint density at radius 3 is 2.79 bits per heavy atom. The maximum Gasteiger partial charge on any atom is 0.271 e. The number of amides is 2. The lowest BCUT2D eigenvalue weighted by Gasteiger charge is -2.27. The molecule has 2 amide bonds. The summed E-state index contributed by atoms with van der Waals surface area (Å²) in [7, 11) is 1.69. The molecule has 4 rings (SSSR count). The Labute approximate surface area is 164 Å². The van der Waals surface area contributed by atoms with E-state index in [4.69, 9.17) is 0 Å². The van der Waals surface area contributed by atoms with E-state index in [-0.39, 0.29) is 23.8 Å². The van der Waals surface area contributed by atoms with Gasteiger partial charge in [-0.15, -0.1) is 0 Å². The molecule has 2 heterocycles. The van der Waals surface area contributed by atoms with Crippen LogP contribution in [-0.2, 0) is 11.3 Å². The Morgan fingerprint density at radius 1 is 1.25 bits per heavy atom. The summed E-state index contributed by atoms with van der Waals surface area (Å²) in [5.41, 5.74) is 1.10. The summed E-state index contributed by atoms with van der Waals surface area (Å²) >= 11 is 0. The molecular weight excluding hydrogens is 354 g/mol. The van der Waals surface area contributed by atoms with Crippen molar-refractivity contribution in [2.75, 3.05) is 20.1 Å². The van der Waals surface area contributed by atoms with Gasteiger partial charge in [-0.25, -0.2) is 4.98 Å². The van der Waals surface area contributed by atoms with Gasteiger partial charge in [0.05, 0.1) is 11.6 Å². The highest BCUT2D eigenvalue weighted by molar-refractivity contribution is 5.92. The van der Waals surface area contributed by atoms with E-state index in [1.54, 1.807) is 13.2 Å². The Morgan fingerprint density at radius 2 is 2.07 bits per heavy atom. The minimum absolute atomic E-state index is 0.0318. The zero-order valence-electron chi connectivity index (χ0n) is 16.0. The number of nitrogens with one attached hydrogen (secondary N) is 2. The van der Waals surface area contributed by atoms with Crippen LogP contribution in [0.15, 0.2) is 48.9 Å². The molecule has 7 nitrogen and oxygen atoms in total. The van der Waals surface area contributed by atoms with E-state index in [1.807, 2.05) is 18.2 Å². The molecule has 2 aliphatic rings. The smallest absolute Gasteiger partial charge is 0.271 e. The molecule has 0 bridgehead atoms. The van der Waals surface area contributed by atoms with Gasteiger partial charge in [-0.2, -0.15) is 0 Å². The average Bonchev–Trinajstić information content (AvgIpc) is 3.22. The zero-order chi connectivity index (χ0) is 19.6. The molecule has 0 unspecified atom stereocenters. The first-order chi connectivity index (χ1) is 13.6. The van der Waals surface area contributed by atoms with Crippen LogP contribution >= 0.6 is 0 Å². The van der Waals surface area contributed by atoms with E-state index in [1.165, 1.54) is 18.0 Å². The van der Waals surface area contributed by atoms with Crippen LogP contribution in [0.2, 0.25) is 0 Å². The number of fused-ring (bicyclic) bond motifs is 1. The van der Waals surface area contributed by atoms with E-state index in [2.05, 4.69) is 37.6 Å². The third kappa shape index (κ3) is 3.49. The number of benzene rings is 1. The molecule has 146 valence electrons. The molecule has 1 saturated carbocycles. The second-order valence-electron chi connectivity index (χ2n) is 7.79. The summed E-state index contributed by atoms with van der Waals surface area (Å²) in [5, 5.41) is 5.91. The SMILES string of the molecule is CNC(=O)[C@]12C[C@@H](NC(=O)c3cnccn3)C[C@H]1CN(Cc1ccccc1)C2. The number of hydrogen-bond donors (Lipinski definition) is 2. The van der Waals surface area contributed by atoms with Crippen molar-refractivity contribution in [3.8, 4) is 0 Å². The van der Waals surface area contributed by atoms with Gasteiger partial charge in [0, 0.05) is 45.1 Å². The summed E-state index contributed by atoms with van der Waals surface area (Å²) in [6.07, 6.45) is 5.95. The van der Waals surface area contributed by atoms with Crippen LogP contribution < -0.4 is 10.6 Å². The highest BCUT2D eigenvalue weighted by atomic mass is 16.2. The van der Waals surface area contributed by atoms with Gasteiger partial charge in [-0.3, -0.25) is 19.5 Å². The average molecular weight is 379 g/mol. The molecule has 0 radical (unpaired) electrons. The van der Waals surface area contributed by atoms with Gasteiger partial charge in [0.1, 0.15) is 5.69 Å². The molecule has 2 fully saturated rings. The number of hydrogen-bond acceptors (Lipinski definition) is 5. The van der Waals surface area contributed by atoms with Crippen LogP contribution in [0.3, 0.4) is 0 Å². The van der Waals surface area contributed by atoms with E-state index >= 15 is 0 Å². The van der Waals surface area contributed by atoms with Gasteiger partial charge >= 0.3 is 0 Å². The van der Waals surface area contributed by atoms with Gasteiger partial charge in [-0.05, 0) is 24.3 Å². The Kier molecular flexibility index (Phi) is 5.09. The van der Waals surface area contributed by atoms with Crippen molar-refractivity contribution < 1.29 is 9.59 Å². The fraction of sp³-hybridized carbons (Fsp3) is 0.429. The van der Waals surface area contributed by atoms with Crippen molar-refractivity contribution in [3.63, 3.8) is 0 Å². The fourth-order valence-corrected chi connectivity index (χ4v) is 4.82. The van der Waals surface area contributed by atoms with E-state index in [0.29, 0.717) is 18.7 Å². The van der Waals surface area contributed by atoms with Crippen molar-refractivity contribution in [2.24, 2.45) is 11.3 Å². The van der Waals surface area contributed by atoms with Crippen LogP contribution in [0.5, 0.6) is 0 Å². The number of likely N-dealkylation sites (tertiary alicyclic amines) is 1. The summed E-state index contributed by atoms with van der Waals surface area (Å²) in [6, 6.07) is 10.3. The topological polar surface area (TPSA) is 87.2 Å². The number of rotatable bonds is 5. The normalized spacial score (nSPS) is 26.6. The molecule has 28 heavy (non-hydrogen) atoms. The highest BCUT2D eigenvalue weighted by Crippen LogP contribution is 2.49. The molecule has 3 atom stereocenters. The van der Waals surface area contributed by atoms with E-state index in [0.717, 1.165) is 19.5 Å². The zero-order valence-corrected chi connectivity index (χ0v) is 16.0. The first-order valence-electron chi connectivity index (χ1n) is 9.66. The van der Waals surface area contributed by atoms with Crippen molar-refractivity contribution in [1.29, 1.82) is 0 Å². The van der Waals surface area contributed by atoms with Crippen molar-refractivity contribution in [1.82, 2.24) is 25.5 Å². The van der Waals surface area contributed by atoms with Gasteiger partial charge < -0.3 is 10.6 Å². The van der Waals surface area contributed by atoms with Gasteiger partial charge in [0.25, 0.3) is 5.91 Å². The predicted octanol–water partition coefficient (Wildman–Crippen LogP) is 1.23. The highest BCUT2D eigenvalue weighted by Gasteiger charge is 2.57. The third-order valence-electron chi connectivity index (χ3n) is 6.00. The number of carbonyl (C=O) groups is 2. The van der Waals surface area contributed by atoms with Crippen LogP contribution in [0.25, 0.3) is 0 Å². The molecule has 1 aromatic carbocycles. The number of carbonyl (C=O) groups excluding carboxylic acids is 2. The van der Waals surface area contributed by atoms with Gasteiger partial charge in [0.2, 0.25) is 5.91 Å². The lowest BCUT2D eigenvalue weighted by molar-refractivity contribution is -0.131. The lowest BCUT2D eigenvalue weighted by Crippen LogP contribution is -2.44. The standard InChI is InChI=1S/C21H25N5O2/c1-22-20(28)21-10-17(25-19(27)18-11-23-7-8-24-18)9-16(21)13-26(14-21)12-15-5-3-2-4-6-15/h2-8,11,16-17H,9-10,12-14H2,1H3,(H,22,28)(H,25,27)/t16-,17-,21-/m0/s1. The minimum atomic E-state index is -0.455. The molecule has 1 saturated heterocycles. The summed E-state index contributed by atoms with van der Waals surface area (Å²) < 4.78 is 0. The summed E-state index contributed by atoms with van der Waals surface area (Å²) in [5.74, 6) is 0.0684. The Hall–Kier alpha value is -2.80. The maximum absolute atomic E-state index is 12.8. The second kappa shape index (κ2) is 7.67. The van der Waals surface area contributed by atoms with Crippen molar-refractivity contribution in [2.45, 2.75) is 25.4 Å². The number of aromatic nitrogens is 2. The van der Waals surface area contributed by atoms with E-state index < -0.39 is 5.41 Å². The van der Waals surface area contributed by atoms with Gasteiger partial charge in [-0.1, -0.05) is 30.3 Å². The Balaban J connectivity index is 1.46. The lowest BCUT2D eigenvalue weighted by atomic mass is 9.80. The molecule has 1 aliphatic heterocycles. The summed E-state index contributed by atoms with van der Waals surface area (Å²) in [4.78, 5) is 35.7. The summed E-state index contributed by atoms with van der Waals surface area (Å²) in [6.45, 7) is 2.41. The van der Waals surface area contributed by atoms with Crippen molar-refractivity contribution >= 4 is 11.8 Å². The molecule has 7 heteroatoms. The molecule has 2 aromatic rings. The first kappa shape index (κ1) is 18.6. The monoisotopic (exact) mass is 379 g/mol. The second-order valence-corrected chi connectivity index (χ2v) is 7.79. The maximum atomic E-state index is 12.8. The van der Waals surface area contributed by atoms with Crippen LogP contribution in [0.1, 0.15) is 28.9 Å². The van der Waals surface area contributed by atoms with Crippen LogP contribution in [0, 0.1) is 11.3 Å². The molecule has 0 spiro atoms. The molecule has 2 N–H and O–H groups in total. The number of nitrogens with zero attached hydrogens (tertiary/aromatic N) is 3. The predicted molar refractivity (Wildman–Crippen MR) is 104 cm³/mol. The first-order valence-corrected chi connectivity index (χ1v) is 9.66. The fourth-order valence-electron chi connectivity index (χ4n) is 4.82. The van der Waals surface area contributed by atoms with Crippen molar-refractivity contribution in [3.05, 3.63) is 60.2 Å². The molecular formula is C21H25N5O2.